The Labute approximate surface area is 154 Å². The van der Waals surface area contributed by atoms with Crippen molar-refractivity contribution in [2.45, 2.75) is 38.3 Å². The maximum atomic E-state index is 12.5. The maximum absolute atomic E-state index is 12.5. The van der Waals surface area contributed by atoms with E-state index >= 15 is 0 Å². The fourth-order valence-corrected chi connectivity index (χ4v) is 2.90. The van der Waals surface area contributed by atoms with Crippen LogP contribution in [-0.4, -0.2) is 37.6 Å². The average molecular weight is 372 g/mol. The SMILES string of the molecule is CCC1(C(=O)NCc2ccc(OCC(N)=O)c(OC)c2)CCCN1.Cl. The Morgan fingerprint density at radius 2 is 2.12 bits per heavy atom. The molecule has 8 heteroatoms. The van der Waals surface area contributed by atoms with Crippen LogP contribution >= 0.6 is 12.4 Å². The van der Waals surface area contributed by atoms with Gasteiger partial charge in [0.05, 0.1) is 12.6 Å². The van der Waals surface area contributed by atoms with Gasteiger partial charge in [0.25, 0.3) is 5.91 Å². The fraction of sp³-hybridized carbons (Fsp3) is 0.529. The molecule has 0 aromatic heterocycles. The molecule has 140 valence electrons. The monoisotopic (exact) mass is 371 g/mol. The molecule has 2 rings (SSSR count). The van der Waals surface area contributed by atoms with E-state index in [1.54, 1.807) is 12.1 Å². The molecule has 1 aromatic rings. The van der Waals surface area contributed by atoms with Crippen molar-refractivity contribution in [3.05, 3.63) is 23.8 Å². The van der Waals surface area contributed by atoms with Gasteiger partial charge in [-0.1, -0.05) is 13.0 Å². The van der Waals surface area contributed by atoms with Crippen LogP contribution in [0, 0.1) is 0 Å². The number of nitrogens with one attached hydrogen (secondary N) is 2. The normalized spacial score (nSPS) is 19.0. The van der Waals surface area contributed by atoms with E-state index in [4.69, 9.17) is 15.2 Å². The summed E-state index contributed by atoms with van der Waals surface area (Å²) in [6, 6.07) is 5.30. The van der Waals surface area contributed by atoms with Gasteiger partial charge in [0, 0.05) is 6.54 Å². The summed E-state index contributed by atoms with van der Waals surface area (Å²) in [4.78, 5) is 23.3. The summed E-state index contributed by atoms with van der Waals surface area (Å²) in [6.45, 7) is 3.08. The molecule has 7 nitrogen and oxygen atoms in total. The lowest BCUT2D eigenvalue weighted by atomic mass is 9.93. The highest BCUT2D eigenvalue weighted by molar-refractivity contribution is 5.86. The van der Waals surface area contributed by atoms with E-state index in [1.165, 1.54) is 7.11 Å². The number of hydrogen-bond donors (Lipinski definition) is 3. The third-order valence-corrected chi connectivity index (χ3v) is 4.33. The molecule has 0 spiro atoms. The number of benzene rings is 1. The zero-order valence-corrected chi connectivity index (χ0v) is 15.4. The number of rotatable bonds is 8. The minimum Gasteiger partial charge on any atom is -0.493 e. The van der Waals surface area contributed by atoms with Crippen LogP contribution < -0.4 is 25.8 Å². The van der Waals surface area contributed by atoms with Crippen LogP contribution in [0.3, 0.4) is 0 Å². The number of nitrogens with two attached hydrogens (primary N) is 1. The molecule has 0 bridgehead atoms. The highest BCUT2D eigenvalue weighted by atomic mass is 35.5. The van der Waals surface area contributed by atoms with E-state index in [0.29, 0.717) is 18.0 Å². The molecule has 1 atom stereocenters. The number of carbonyl (C=O) groups is 2. The van der Waals surface area contributed by atoms with Crippen LogP contribution in [0.4, 0.5) is 0 Å². The number of primary amides is 1. The number of hydrogen-bond acceptors (Lipinski definition) is 5. The van der Waals surface area contributed by atoms with Gasteiger partial charge in [0.1, 0.15) is 0 Å². The van der Waals surface area contributed by atoms with Gasteiger partial charge in [-0.3, -0.25) is 9.59 Å². The molecule has 1 saturated heterocycles. The van der Waals surface area contributed by atoms with Gasteiger partial charge >= 0.3 is 0 Å². The van der Waals surface area contributed by atoms with Crippen molar-refractivity contribution >= 4 is 24.2 Å². The zero-order valence-electron chi connectivity index (χ0n) is 14.6. The van der Waals surface area contributed by atoms with E-state index in [0.717, 1.165) is 31.4 Å². The Morgan fingerprint density at radius 1 is 1.36 bits per heavy atom. The topological polar surface area (TPSA) is 103 Å². The van der Waals surface area contributed by atoms with Gasteiger partial charge in [0.15, 0.2) is 18.1 Å². The summed E-state index contributed by atoms with van der Waals surface area (Å²) in [5.74, 6) is 0.402. The van der Waals surface area contributed by atoms with Crippen molar-refractivity contribution in [2.75, 3.05) is 20.3 Å². The van der Waals surface area contributed by atoms with Crippen molar-refractivity contribution in [2.24, 2.45) is 5.73 Å². The van der Waals surface area contributed by atoms with E-state index < -0.39 is 11.4 Å². The lowest BCUT2D eigenvalue weighted by Crippen LogP contribution is -2.52. The van der Waals surface area contributed by atoms with Gasteiger partial charge in [-0.05, 0) is 43.5 Å². The van der Waals surface area contributed by atoms with Gasteiger partial charge in [-0.15, -0.1) is 12.4 Å². The smallest absolute Gasteiger partial charge is 0.255 e. The molecule has 1 unspecified atom stereocenters. The standard InChI is InChI=1S/C17H25N3O4.ClH/c1-3-17(7-4-8-20-17)16(22)19-10-12-5-6-13(14(9-12)23-2)24-11-15(18)21;/h5-6,9,20H,3-4,7-8,10-11H2,1-2H3,(H2,18,21)(H,19,22);1H. The predicted molar refractivity (Wildman–Crippen MR) is 97.0 cm³/mol. The first-order chi connectivity index (χ1) is 11.5. The average Bonchev–Trinajstić information content (AvgIpc) is 3.08. The second-order valence-corrected chi connectivity index (χ2v) is 5.89. The molecule has 0 radical (unpaired) electrons. The Morgan fingerprint density at radius 3 is 2.68 bits per heavy atom. The largest absolute Gasteiger partial charge is 0.493 e. The van der Waals surface area contributed by atoms with E-state index in [9.17, 15) is 9.59 Å². The molecule has 0 aliphatic carbocycles. The minimum atomic E-state index is -0.553. The first kappa shape index (κ1) is 21.1. The molecule has 1 aliphatic heterocycles. The molecule has 1 aromatic carbocycles. The van der Waals surface area contributed by atoms with Gasteiger partial charge < -0.3 is 25.8 Å². The molecule has 4 N–H and O–H groups in total. The highest BCUT2D eigenvalue weighted by Gasteiger charge is 2.38. The number of halogens is 1. The Balaban J connectivity index is 0.00000312. The first-order valence-corrected chi connectivity index (χ1v) is 8.12. The van der Waals surface area contributed by atoms with Crippen molar-refractivity contribution in [3.8, 4) is 11.5 Å². The van der Waals surface area contributed by atoms with Gasteiger partial charge in [0.2, 0.25) is 5.91 Å². The number of carbonyl (C=O) groups excluding carboxylic acids is 2. The quantitative estimate of drug-likeness (QED) is 0.635. The number of ether oxygens (including phenoxy) is 2. The maximum Gasteiger partial charge on any atom is 0.255 e. The number of amides is 2. The summed E-state index contributed by atoms with van der Waals surface area (Å²) in [5.41, 5.74) is 5.51. The summed E-state index contributed by atoms with van der Waals surface area (Å²) in [5, 5.41) is 6.30. The van der Waals surface area contributed by atoms with Gasteiger partial charge in [-0.2, -0.15) is 0 Å². The fourth-order valence-electron chi connectivity index (χ4n) is 2.90. The van der Waals surface area contributed by atoms with Crippen LogP contribution in [0.2, 0.25) is 0 Å². The molecular weight excluding hydrogens is 346 g/mol. The second kappa shape index (κ2) is 9.48. The molecule has 1 heterocycles. The summed E-state index contributed by atoms with van der Waals surface area (Å²) in [7, 11) is 1.52. The molecule has 2 amide bonds. The Kier molecular flexibility index (Phi) is 7.99. The summed E-state index contributed by atoms with van der Waals surface area (Å²) < 4.78 is 10.6. The predicted octanol–water partition coefficient (Wildman–Crippen LogP) is 1.13. The lowest BCUT2D eigenvalue weighted by Gasteiger charge is -2.26. The van der Waals surface area contributed by atoms with E-state index in [1.807, 2.05) is 13.0 Å². The molecule has 1 aliphatic rings. The van der Waals surface area contributed by atoms with Crippen LogP contribution in [0.25, 0.3) is 0 Å². The summed E-state index contributed by atoms with van der Waals surface area (Å²) in [6.07, 6.45) is 2.64. The van der Waals surface area contributed by atoms with Crippen molar-refractivity contribution in [1.29, 1.82) is 0 Å². The van der Waals surface area contributed by atoms with Crippen molar-refractivity contribution < 1.29 is 19.1 Å². The Hall–Kier alpha value is -1.99. The van der Waals surface area contributed by atoms with Crippen LogP contribution in [0.15, 0.2) is 18.2 Å². The molecule has 1 fully saturated rings. The lowest BCUT2D eigenvalue weighted by molar-refractivity contribution is -0.127. The zero-order chi connectivity index (χ0) is 17.6. The van der Waals surface area contributed by atoms with E-state index in [2.05, 4.69) is 10.6 Å². The van der Waals surface area contributed by atoms with Crippen LogP contribution in [0.5, 0.6) is 11.5 Å². The third-order valence-electron chi connectivity index (χ3n) is 4.33. The summed E-state index contributed by atoms with van der Waals surface area (Å²) >= 11 is 0. The number of methoxy groups -OCH3 is 1. The molecular formula is C17H26ClN3O4. The van der Waals surface area contributed by atoms with Crippen molar-refractivity contribution in [3.63, 3.8) is 0 Å². The van der Waals surface area contributed by atoms with Crippen LogP contribution in [-0.2, 0) is 16.1 Å². The third kappa shape index (κ3) is 5.24. The second-order valence-electron chi connectivity index (χ2n) is 5.89. The minimum absolute atomic E-state index is 0. The van der Waals surface area contributed by atoms with Gasteiger partial charge in [-0.25, -0.2) is 0 Å². The van der Waals surface area contributed by atoms with Crippen LogP contribution in [0.1, 0.15) is 31.7 Å². The first-order valence-electron chi connectivity index (χ1n) is 8.12. The van der Waals surface area contributed by atoms with E-state index in [-0.39, 0.29) is 24.9 Å². The molecule has 25 heavy (non-hydrogen) atoms. The highest BCUT2D eigenvalue weighted by Crippen LogP contribution is 2.28. The Bertz CT molecular complexity index is 604. The molecule has 0 saturated carbocycles. The van der Waals surface area contributed by atoms with Crippen molar-refractivity contribution in [1.82, 2.24) is 10.6 Å².